The smallest absolute Gasteiger partial charge is 0.412 e. The Morgan fingerprint density at radius 3 is 2.68 bits per heavy atom. The van der Waals surface area contributed by atoms with Crippen LogP contribution in [0.1, 0.15) is 32.8 Å². The van der Waals surface area contributed by atoms with Crippen LogP contribution in [0.5, 0.6) is 0 Å². The molecule has 0 saturated heterocycles. The van der Waals surface area contributed by atoms with Gasteiger partial charge in [-0.1, -0.05) is 33.6 Å². The first kappa shape index (κ1) is 16.3. The van der Waals surface area contributed by atoms with Gasteiger partial charge in [-0.15, -0.1) is 0 Å². The lowest BCUT2D eigenvalue weighted by Gasteiger charge is -2.20. The molecular formula is C14H19BrClNO2. The van der Waals surface area contributed by atoms with E-state index in [4.69, 9.17) is 16.3 Å². The van der Waals surface area contributed by atoms with Gasteiger partial charge < -0.3 is 4.74 Å². The molecule has 0 fully saturated rings. The van der Waals surface area contributed by atoms with Gasteiger partial charge in [-0.05, 0) is 51.3 Å². The molecule has 1 N–H and O–H groups in total. The van der Waals surface area contributed by atoms with Crippen molar-refractivity contribution in [3.05, 3.63) is 28.8 Å². The molecule has 0 aliphatic rings. The van der Waals surface area contributed by atoms with E-state index in [0.717, 1.165) is 23.7 Å². The number of halogens is 2. The third-order valence-electron chi connectivity index (χ3n) is 2.29. The van der Waals surface area contributed by atoms with E-state index in [1.165, 1.54) is 0 Å². The molecule has 106 valence electrons. The molecule has 5 heteroatoms. The minimum Gasteiger partial charge on any atom is -0.444 e. The second-order valence-electron chi connectivity index (χ2n) is 5.22. The average molecular weight is 349 g/mol. The maximum absolute atomic E-state index is 11.8. The minimum absolute atomic E-state index is 0.463. The van der Waals surface area contributed by atoms with Gasteiger partial charge >= 0.3 is 6.09 Å². The monoisotopic (exact) mass is 347 g/mol. The van der Waals surface area contributed by atoms with Crippen molar-refractivity contribution < 1.29 is 9.53 Å². The molecule has 0 aromatic heterocycles. The summed E-state index contributed by atoms with van der Waals surface area (Å²) < 4.78 is 5.24. The van der Waals surface area contributed by atoms with Crippen LogP contribution in [0, 0.1) is 0 Å². The molecule has 1 aromatic rings. The molecule has 1 rings (SSSR count). The summed E-state index contributed by atoms with van der Waals surface area (Å²) in [6, 6.07) is 5.50. The zero-order valence-corrected chi connectivity index (χ0v) is 13.8. The zero-order chi connectivity index (χ0) is 14.5. The summed E-state index contributed by atoms with van der Waals surface area (Å²) in [5, 5.41) is 4.27. The van der Waals surface area contributed by atoms with Crippen LogP contribution in [-0.4, -0.2) is 17.0 Å². The van der Waals surface area contributed by atoms with E-state index < -0.39 is 11.7 Å². The maximum Gasteiger partial charge on any atom is 0.412 e. The fourth-order valence-electron chi connectivity index (χ4n) is 1.55. The van der Waals surface area contributed by atoms with Crippen LogP contribution >= 0.6 is 27.5 Å². The molecular weight excluding hydrogens is 330 g/mol. The second-order valence-corrected chi connectivity index (χ2v) is 6.45. The Hall–Kier alpha value is -0.740. The predicted octanol–water partition coefficient (Wildman–Crippen LogP) is 5.01. The molecule has 3 nitrogen and oxygen atoms in total. The lowest BCUT2D eigenvalue weighted by atomic mass is 10.1. The molecule has 0 aliphatic carbocycles. The number of hydrogen-bond acceptors (Lipinski definition) is 2. The minimum atomic E-state index is -0.515. The molecule has 19 heavy (non-hydrogen) atoms. The van der Waals surface area contributed by atoms with Crippen molar-refractivity contribution in [2.75, 3.05) is 10.6 Å². The molecule has 0 spiro atoms. The molecule has 1 amide bonds. The van der Waals surface area contributed by atoms with Crippen molar-refractivity contribution in [3.8, 4) is 0 Å². The molecule has 1 aromatic carbocycles. The first-order valence-corrected chi connectivity index (χ1v) is 7.66. The summed E-state index contributed by atoms with van der Waals surface area (Å²) in [4.78, 5) is 11.8. The predicted molar refractivity (Wildman–Crippen MR) is 83.4 cm³/mol. The van der Waals surface area contributed by atoms with Gasteiger partial charge in [0.15, 0.2) is 0 Å². The van der Waals surface area contributed by atoms with Gasteiger partial charge in [-0.25, -0.2) is 4.79 Å². The zero-order valence-electron chi connectivity index (χ0n) is 11.4. The number of hydrogen-bond donors (Lipinski definition) is 1. The summed E-state index contributed by atoms with van der Waals surface area (Å²) >= 11 is 9.36. The van der Waals surface area contributed by atoms with Crippen LogP contribution < -0.4 is 5.32 Å². The van der Waals surface area contributed by atoms with Crippen molar-refractivity contribution in [1.29, 1.82) is 0 Å². The first-order valence-electron chi connectivity index (χ1n) is 6.16. The number of anilines is 1. The Bertz CT molecular complexity index is 444. The van der Waals surface area contributed by atoms with Gasteiger partial charge in [0.1, 0.15) is 5.60 Å². The number of amides is 1. The first-order chi connectivity index (χ1) is 8.81. The Morgan fingerprint density at radius 2 is 2.11 bits per heavy atom. The van der Waals surface area contributed by atoms with E-state index in [-0.39, 0.29) is 0 Å². The number of benzene rings is 1. The normalized spacial score (nSPS) is 11.2. The highest BCUT2D eigenvalue weighted by atomic mass is 79.9. The van der Waals surface area contributed by atoms with Gasteiger partial charge in [0.05, 0.1) is 0 Å². The third kappa shape index (κ3) is 6.30. The van der Waals surface area contributed by atoms with Crippen LogP contribution in [0.15, 0.2) is 18.2 Å². The average Bonchev–Trinajstić information content (AvgIpc) is 2.25. The summed E-state index contributed by atoms with van der Waals surface area (Å²) in [5.74, 6) is 0. The number of alkyl halides is 1. The number of aryl methyl sites for hydroxylation is 1. The Labute approximate surface area is 127 Å². The number of carbonyl (C=O) groups excluding carboxylic acids is 1. The highest BCUT2D eigenvalue weighted by Gasteiger charge is 2.17. The van der Waals surface area contributed by atoms with E-state index in [9.17, 15) is 4.79 Å². The van der Waals surface area contributed by atoms with Crippen LogP contribution in [-0.2, 0) is 11.2 Å². The van der Waals surface area contributed by atoms with E-state index >= 15 is 0 Å². The van der Waals surface area contributed by atoms with Crippen molar-refractivity contribution in [1.82, 2.24) is 0 Å². The van der Waals surface area contributed by atoms with Crippen molar-refractivity contribution in [3.63, 3.8) is 0 Å². The molecule has 0 atom stereocenters. The van der Waals surface area contributed by atoms with Gasteiger partial charge in [0.25, 0.3) is 0 Å². The maximum atomic E-state index is 11.8. The molecule has 0 aliphatic heterocycles. The van der Waals surface area contributed by atoms with E-state index in [0.29, 0.717) is 10.7 Å². The number of rotatable bonds is 4. The van der Waals surface area contributed by atoms with Gasteiger partial charge in [0.2, 0.25) is 0 Å². The molecule has 0 saturated carbocycles. The van der Waals surface area contributed by atoms with Gasteiger partial charge in [-0.2, -0.15) is 0 Å². The Kier molecular flexibility index (Phi) is 6.14. The molecule has 0 heterocycles. The molecule has 0 unspecified atom stereocenters. The summed E-state index contributed by atoms with van der Waals surface area (Å²) in [7, 11) is 0. The van der Waals surface area contributed by atoms with E-state index in [2.05, 4.69) is 21.2 Å². The quantitative estimate of drug-likeness (QED) is 0.776. The Balaban J connectivity index is 2.80. The van der Waals surface area contributed by atoms with Crippen LogP contribution in [0.3, 0.4) is 0 Å². The van der Waals surface area contributed by atoms with Gasteiger partial charge in [-0.3, -0.25) is 5.32 Å². The van der Waals surface area contributed by atoms with Crippen LogP contribution in [0.4, 0.5) is 10.5 Å². The van der Waals surface area contributed by atoms with Gasteiger partial charge in [0, 0.05) is 16.0 Å². The largest absolute Gasteiger partial charge is 0.444 e. The van der Waals surface area contributed by atoms with Crippen LogP contribution in [0.2, 0.25) is 5.02 Å². The topological polar surface area (TPSA) is 38.3 Å². The number of nitrogens with one attached hydrogen (secondary N) is 1. The highest BCUT2D eigenvalue weighted by molar-refractivity contribution is 9.09. The fraction of sp³-hybridized carbons (Fsp3) is 0.500. The summed E-state index contributed by atoms with van der Waals surface area (Å²) in [5.41, 5.74) is 1.25. The highest BCUT2D eigenvalue weighted by Crippen LogP contribution is 2.23. The Morgan fingerprint density at radius 1 is 1.42 bits per heavy atom. The third-order valence-corrected chi connectivity index (χ3v) is 3.08. The summed E-state index contributed by atoms with van der Waals surface area (Å²) in [6.45, 7) is 5.49. The van der Waals surface area contributed by atoms with Crippen molar-refractivity contribution >= 4 is 39.3 Å². The lowest BCUT2D eigenvalue weighted by molar-refractivity contribution is 0.0636. The van der Waals surface area contributed by atoms with Crippen molar-refractivity contribution in [2.45, 2.75) is 39.2 Å². The van der Waals surface area contributed by atoms with E-state index in [1.54, 1.807) is 6.07 Å². The molecule has 0 bridgehead atoms. The fourth-order valence-corrected chi connectivity index (χ4v) is 2.01. The number of carbonyl (C=O) groups is 1. The van der Waals surface area contributed by atoms with Crippen LogP contribution in [0.25, 0.3) is 0 Å². The SMILES string of the molecule is CC(C)(C)OC(=O)Nc1cc(Cl)ccc1CCCBr. The number of ether oxygens (including phenoxy) is 1. The summed E-state index contributed by atoms with van der Waals surface area (Å²) in [6.07, 6.45) is 1.40. The standard InChI is InChI=1S/C14H19BrClNO2/c1-14(2,3)19-13(18)17-12-9-11(16)7-6-10(12)5-4-8-15/h6-7,9H,4-5,8H2,1-3H3,(H,17,18). The lowest BCUT2D eigenvalue weighted by Crippen LogP contribution is -2.27. The van der Waals surface area contributed by atoms with Crippen molar-refractivity contribution in [2.24, 2.45) is 0 Å². The molecule has 0 radical (unpaired) electrons. The second kappa shape index (κ2) is 7.15. The van der Waals surface area contributed by atoms with E-state index in [1.807, 2.05) is 32.9 Å².